The first-order valence-corrected chi connectivity index (χ1v) is 6.83. The summed E-state index contributed by atoms with van der Waals surface area (Å²) in [6, 6.07) is 10.8. The molecule has 1 aliphatic rings. The molecule has 0 saturated carbocycles. The van der Waals surface area contributed by atoms with Crippen LogP contribution >= 0.6 is 0 Å². The van der Waals surface area contributed by atoms with Crippen molar-refractivity contribution in [2.75, 3.05) is 6.54 Å². The Bertz CT molecular complexity index is 429. The monoisotopic (exact) mass is 242 g/mol. The van der Waals surface area contributed by atoms with Crippen molar-refractivity contribution in [3.63, 3.8) is 0 Å². The van der Waals surface area contributed by atoms with Crippen molar-refractivity contribution < 1.29 is 0 Å². The van der Waals surface area contributed by atoms with E-state index in [4.69, 9.17) is 5.26 Å². The third-order valence-electron chi connectivity index (χ3n) is 4.19. The van der Waals surface area contributed by atoms with E-state index < -0.39 is 0 Å². The predicted molar refractivity (Wildman–Crippen MR) is 74.0 cm³/mol. The lowest BCUT2D eigenvalue weighted by Crippen LogP contribution is -2.45. The van der Waals surface area contributed by atoms with Gasteiger partial charge in [-0.05, 0) is 42.9 Å². The number of benzene rings is 1. The molecule has 96 valence electrons. The molecule has 1 aromatic rings. The zero-order valence-electron chi connectivity index (χ0n) is 11.6. The summed E-state index contributed by atoms with van der Waals surface area (Å²) in [5.74, 6) is 1.56. The Morgan fingerprint density at radius 3 is 2.50 bits per heavy atom. The second kappa shape index (κ2) is 5.54. The molecule has 2 nitrogen and oxygen atoms in total. The van der Waals surface area contributed by atoms with Crippen LogP contribution in [0.2, 0.25) is 0 Å². The zero-order chi connectivity index (χ0) is 13.1. The first-order chi connectivity index (χ1) is 8.60. The maximum atomic E-state index is 8.80. The number of nitrogens with zero attached hydrogens (tertiary/aromatic N) is 2. The van der Waals surface area contributed by atoms with Gasteiger partial charge < -0.3 is 0 Å². The third kappa shape index (κ3) is 2.91. The van der Waals surface area contributed by atoms with Crippen molar-refractivity contribution in [1.82, 2.24) is 4.90 Å². The Morgan fingerprint density at radius 1 is 1.22 bits per heavy atom. The average Bonchev–Trinajstić information content (AvgIpc) is 2.36. The molecule has 2 heteroatoms. The van der Waals surface area contributed by atoms with Gasteiger partial charge in [-0.3, -0.25) is 4.90 Å². The van der Waals surface area contributed by atoms with Crippen LogP contribution < -0.4 is 0 Å². The summed E-state index contributed by atoms with van der Waals surface area (Å²) in [7, 11) is 0. The van der Waals surface area contributed by atoms with Crippen LogP contribution in [0.15, 0.2) is 24.3 Å². The van der Waals surface area contributed by atoms with Gasteiger partial charge in [0.05, 0.1) is 11.6 Å². The van der Waals surface area contributed by atoms with Gasteiger partial charge in [-0.1, -0.05) is 26.0 Å². The largest absolute Gasteiger partial charge is 0.296 e. The molecule has 1 aliphatic heterocycles. The Kier molecular flexibility index (Phi) is 4.04. The summed E-state index contributed by atoms with van der Waals surface area (Å²) in [6.07, 6.45) is 1.34. The first kappa shape index (κ1) is 13.1. The molecule has 0 amide bonds. The Morgan fingerprint density at radius 2 is 1.89 bits per heavy atom. The quantitative estimate of drug-likeness (QED) is 0.794. The highest BCUT2D eigenvalue weighted by Gasteiger charge is 2.28. The molecular weight excluding hydrogens is 220 g/mol. The van der Waals surface area contributed by atoms with Gasteiger partial charge in [0.15, 0.2) is 0 Å². The molecule has 1 aromatic carbocycles. The van der Waals surface area contributed by atoms with Crippen molar-refractivity contribution in [2.24, 2.45) is 11.8 Å². The van der Waals surface area contributed by atoms with Gasteiger partial charge in [-0.25, -0.2) is 0 Å². The van der Waals surface area contributed by atoms with Gasteiger partial charge in [0.25, 0.3) is 0 Å². The summed E-state index contributed by atoms with van der Waals surface area (Å²) in [5, 5.41) is 8.80. The van der Waals surface area contributed by atoms with Gasteiger partial charge >= 0.3 is 0 Å². The highest BCUT2D eigenvalue weighted by Crippen LogP contribution is 2.28. The molecule has 0 aromatic heterocycles. The van der Waals surface area contributed by atoms with Crippen LogP contribution in [-0.2, 0) is 6.54 Å². The van der Waals surface area contributed by atoms with Crippen molar-refractivity contribution in [2.45, 2.75) is 39.8 Å². The maximum Gasteiger partial charge on any atom is 0.0991 e. The molecule has 0 radical (unpaired) electrons. The molecule has 1 heterocycles. The average molecular weight is 242 g/mol. The van der Waals surface area contributed by atoms with Crippen molar-refractivity contribution in [3.05, 3.63) is 35.4 Å². The zero-order valence-corrected chi connectivity index (χ0v) is 11.6. The number of piperidine rings is 1. The Balaban J connectivity index is 2.05. The van der Waals surface area contributed by atoms with Crippen LogP contribution in [-0.4, -0.2) is 17.5 Å². The second-order valence-electron chi connectivity index (χ2n) is 5.80. The van der Waals surface area contributed by atoms with Gasteiger partial charge in [0.2, 0.25) is 0 Å². The van der Waals surface area contributed by atoms with E-state index in [1.165, 1.54) is 18.5 Å². The third-order valence-corrected chi connectivity index (χ3v) is 4.19. The van der Waals surface area contributed by atoms with E-state index in [0.717, 1.165) is 23.9 Å². The van der Waals surface area contributed by atoms with E-state index in [1.54, 1.807) is 0 Å². The Hall–Kier alpha value is -1.33. The van der Waals surface area contributed by atoms with Gasteiger partial charge in [0, 0.05) is 19.1 Å². The molecule has 0 aliphatic carbocycles. The molecular formula is C16H22N2. The number of likely N-dealkylation sites (tertiary alicyclic amines) is 1. The van der Waals surface area contributed by atoms with Crippen LogP contribution in [0, 0.1) is 23.2 Å². The maximum absolute atomic E-state index is 8.80. The fourth-order valence-electron chi connectivity index (χ4n) is 2.96. The Labute approximate surface area is 110 Å². The summed E-state index contributed by atoms with van der Waals surface area (Å²) in [5.41, 5.74) is 2.05. The number of nitriles is 1. The van der Waals surface area contributed by atoms with Gasteiger partial charge in [0.1, 0.15) is 0 Å². The molecule has 3 unspecified atom stereocenters. The number of hydrogen-bond donors (Lipinski definition) is 0. The topological polar surface area (TPSA) is 27.0 Å². The SMILES string of the molecule is CC1CC(C)C(C)N(Cc2ccc(C#N)cc2)C1. The minimum Gasteiger partial charge on any atom is -0.296 e. The lowest BCUT2D eigenvalue weighted by Gasteiger charge is -2.41. The van der Waals surface area contributed by atoms with Crippen LogP contribution in [0.3, 0.4) is 0 Å². The highest BCUT2D eigenvalue weighted by atomic mass is 15.2. The van der Waals surface area contributed by atoms with E-state index in [0.29, 0.717) is 6.04 Å². The van der Waals surface area contributed by atoms with E-state index in [-0.39, 0.29) is 0 Å². The van der Waals surface area contributed by atoms with Crippen LogP contribution in [0.4, 0.5) is 0 Å². The second-order valence-corrected chi connectivity index (χ2v) is 5.80. The van der Waals surface area contributed by atoms with Gasteiger partial charge in [-0.2, -0.15) is 5.26 Å². The lowest BCUT2D eigenvalue weighted by atomic mass is 9.86. The summed E-state index contributed by atoms with van der Waals surface area (Å²) in [6.45, 7) is 9.22. The molecule has 18 heavy (non-hydrogen) atoms. The molecule has 1 fully saturated rings. The van der Waals surface area contributed by atoms with Crippen molar-refractivity contribution in [1.29, 1.82) is 5.26 Å². The van der Waals surface area contributed by atoms with Crippen molar-refractivity contribution in [3.8, 4) is 6.07 Å². The fourth-order valence-corrected chi connectivity index (χ4v) is 2.96. The van der Waals surface area contributed by atoms with Crippen LogP contribution in [0.5, 0.6) is 0 Å². The van der Waals surface area contributed by atoms with E-state index in [9.17, 15) is 0 Å². The summed E-state index contributed by atoms with van der Waals surface area (Å²) < 4.78 is 0. The molecule has 2 rings (SSSR count). The number of hydrogen-bond acceptors (Lipinski definition) is 2. The predicted octanol–water partition coefficient (Wildman–Crippen LogP) is 3.42. The molecule has 0 N–H and O–H groups in total. The summed E-state index contributed by atoms with van der Waals surface area (Å²) in [4.78, 5) is 2.57. The minimum atomic E-state index is 0.650. The molecule has 3 atom stereocenters. The summed E-state index contributed by atoms with van der Waals surface area (Å²) >= 11 is 0. The fraction of sp³-hybridized carbons (Fsp3) is 0.562. The van der Waals surface area contributed by atoms with E-state index >= 15 is 0 Å². The lowest BCUT2D eigenvalue weighted by molar-refractivity contribution is 0.0729. The van der Waals surface area contributed by atoms with Crippen molar-refractivity contribution >= 4 is 0 Å². The molecule has 0 spiro atoms. The highest BCUT2D eigenvalue weighted by molar-refractivity contribution is 5.31. The minimum absolute atomic E-state index is 0.650. The number of rotatable bonds is 2. The van der Waals surface area contributed by atoms with E-state index in [2.05, 4.69) is 43.9 Å². The van der Waals surface area contributed by atoms with Crippen LogP contribution in [0.1, 0.15) is 38.3 Å². The normalized spacial score (nSPS) is 28.9. The standard InChI is InChI=1S/C16H22N2/c1-12-8-13(2)14(3)18(10-12)11-16-6-4-15(9-17)5-7-16/h4-7,12-14H,8,10-11H2,1-3H3. The smallest absolute Gasteiger partial charge is 0.0991 e. The van der Waals surface area contributed by atoms with Gasteiger partial charge in [-0.15, -0.1) is 0 Å². The molecule has 0 bridgehead atoms. The van der Waals surface area contributed by atoms with Crippen LogP contribution in [0.25, 0.3) is 0 Å². The molecule has 1 saturated heterocycles. The van der Waals surface area contributed by atoms with E-state index in [1.807, 2.05) is 12.1 Å². The first-order valence-electron chi connectivity index (χ1n) is 6.83.